The van der Waals surface area contributed by atoms with Gasteiger partial charge in [-0.3, -0.25) is 0 Å². The molecule has 0 unspecified atom stereocenters. The third-order valence-electron chi connectivity index (χ3n) is 0. The standard InChI is InChI=1S/2In.9O.2Sn.2Zn/q2*+3;9*-2;2*+4;2*+2. The summed E-state index contributed by atoms with van der Waals surface area (Å²) in [6, 6.07) is 0. The third kappa shape index (κ3) is 269. The van der Waals surface area contributed by atoms with Crippen LogP contribution in [-0.4, -0.2) is 99.5 Å². The fourth-order valence-electron chi connectivity index (χ4n) is 0. The minimum atomic E-state index is 0. The van der Waals surface area contributed by atoms with Crippen LogP contribution in [-0.2, 0) is 88.2 Å². The van der Waals surface area contributed by atoms with Crippen molar-refractivity contribution in [3.8, 4) is 0 Å². The molecule has 0 radical (unpaired) electrons. The maximum atomic E-state index is 0. The molecule has 0 aromatic rings. The molecule has 0 saturated heterocycles. The Morgan fingerprint density at radius 3 is 0.267 bits per heavy atom. The molecule has 0 fully saturated rings. The maximum absolute atomic E-state index is 0. The molecule has 0 heterocycles. The van der Waals surface area contributed by atoms with Crippen molar-refractivity contribution in [1.29, 1.82) is 0 Å². The normalized spacial score (nSPS) is 0. The van der Waals surface area contributed by atoms with Gasteiger partial charge in [0.15, 0.2) is 0 Å². The molecule has 0 N–H and O–H groups in total. The van der Waals surface area contributed by atoms with Gasteiger partial charge in [-0.15, -0.1) is 0 Å². The Kier molecular flexibility index (Phi) is 7230. The minimum absolute atomic E-state index is 0. The zero-order valence-electron chi connectivity index (χ0n) is 7.24. The molecule has 72 valence electrons. The molecule has 0 atom stereocenters. The topological polar surface area (TPSA) is 256 Å². The Labute approximate surface area is 184 Å². The molecule has 0 aliphatic heterocycles. The average Bonchev–Trinajstić information content (AvgIpc) is 0. The van der Waals surface area contributed by atoms with Gasteiger partial charge in [0, 0.05) is 0 Å². The van der Waals surface area contributed by atoms with Crippen molar-refractivity contribution in [1.82, 2.24) is 0 Å². The fraction of sp³-hybridized carbons (Fsp3) is 0. The van der Waals surface area contributed by atoms with Crippen LogP contribution < -0.4 is 0 Å². The maximum Gasteiger partial charge on any atom is 4.00 e. The largest absolute Gasteiger partial charge is 4.00 e. The predicted molar refractivity (Wildman–Crippen MR) is 29.2 cm³/mol. The molecule has 0 rings (SSSR count). The average molecular weight is 742 g/mol. The Morgan fingerprint density at radius 2 is 0.267 bits per heavy atom. The first-order valence-corrected chi connectivity index (χ1v) is 0. The van der Waals surface area contributed by atoms with Gasteiger partial charge in [0.05, 0.1) is 0 Å². The second-order valence-electron chi connectivity index (χ2n) is 0. The summed E-state index contributed by atoms with van der Waals surface area (Å²) < 4.78 is 0. The smallest absolute Gasteiger partial charge is 2.00 e. The van der Waals surface area contributed by atoms with Crippen LogP contribution in [0.3, 0.4) is 0 Å². The summed E-state index contributed by atoms with van der Waals surface area (Å²) >= 11 is 0. The molecule has 0 amide bonds. The van der Waals surface area contributed by atoms with E-state index in [1.807, 2.05) is 0 Å². The van der Waals surface area contributed by atoms with Crippen LogP contribution in [0.25, 0.3) is 0 Å². The molecular formula is In2O9Sn2Zn2. The van der Waals surface area contributed by atoms with E-state index in [2.05, 4.69) is 0 Å². The second-order valence-corrected chi connectivity index (χ2v) is 0. The van der Waals surface area contributed by atoms with Gasteiger partial charge in [0.2, 0.25) is 0 Å². The number of hydrogen-bond acceptors (Lipinski definition) is 0. The van der Waals surface area contributed by atoms with Crippen LogP contribution >= 0.6 is 0 Å². The van der Waals surface area contributed by atoms with Crippen molar-refractivity contribution < 1.29 is 88.2 Å². The van der Waals surface area contributed by atoms with Gasteiger partial charge >= 0.3 is 138 Å². The van der Waals surface area contributed by atoms with E-state index in [0.29, 0.717) is 0 Å². The first kappa shape index (κ1) is 358. The Morgan fingerprint density at radius 1 is 0.267 bits per heavy atom. The van der Waals surface area contributed by atoms with Gasteiger partial charge in [-0.25, -0.2) is 0 Å². The van der Waals surface area contributed by atoms with Crippen LogP contribution in [0.2, 0.25) is 0 Å². The predicted octanol–water partition coefficient (Wildman–Crippen LogP) is -2.60. The van der Waals surface area contributed by atoms with Gasteiger partial charge in [-0.05, 0) is 0 Å². The van der Waals surface area contributed by atoms with E-state index in [1.165, 1.54) is 0 Å². The second kappa shape index (κ2) is 303. The summed E-state index contributed by atoms with van der Waals surface area (Å²) in [6.45, 7) is 0. The molecule has 0 spiro atoms. The molecule has 9 nitrogen and oxygen atoms in total. The van der Waals surface area contributed by atoms with Crippen molar-refractivity contribution in [2.24, 2.45) is 0 Å². The monoisotopic (exact) mass is 741 g/mol. The summed E-state index contributed by atoms with van der Waals surface area (Å²) in [6.07, 6.45) is 0. The molecule has 0 bridgehead atoms. The van der Waals surface area contributed by atoms with Crippen molar-refractivity contribution in [2.75, 3.05) is 0 Å². The van der Waals surface area contributed by atoms with Crippen LogP contribution in [0.4, 0.5) is 0 Å². The van der Waals surface area contributed by atoms with Crippen LogP contribution in [0.5, 0.6) is 0 Å². The SMILES string of the molecule is [In+3].[In+3].[O-2].[O-2].[O-2].[O-2].[O-2].[O-2].[O-2].[O-2].[O-2].[Sn+4].[Sn+4].[Zn+2].[Zn+2]. The summed E-state index contributed by atoms with van der Waals surface area (Å²) in [4.78, 5) is 0. The number of hydrogen-bond donors (Lipinski definition) is 0. The first-order chi connectivity index (χ1) is 0. The summed E-state index contributed by atoms with van der Waals surface area (Å²) in [5.41, 5.74) is 0. The Bertz CT molecular complexity index is 24.1. The summed E-state index contributed by atoms with van der Waals surface area (Å²) in [5, 5.41) is 0. The molecule has 15 heavy (non-hydrogen) atoms. The van der Waals surface area contributed by atoms with E-state index in [1.54, 1.807) is 0 Å². The van der Waals surface area contributed by atoms with Crippen molar-refractivity contribution >= 4 is 99.5 Å². The fourth-order valence-corrected chi connectivity index (χ4v) is 0. The van der Waals surface area contributed by atoms with E-state index >= 15 is 0 Å². The van der Waals surface area contributed by atoms with E-state index < -0.39 is 0 Å². The van der Waals surface area contributed by atoms with Crippen molar-refractivity contribution in [3.63, 3.8) is 0 Å². The zero-order chi connectivity index (χ0) is 0. The van der Waals surface area contributed by atoms with Crippen molar-refractivity contribution in [3.05, 3.63) is 0 Å². The molecular weight excluding hydrogens is 742 g/mol. The Hall–Kier alpha value is 4.22. The number of rotatable bonds is 0. The van der Waals surface area contributed by atoms with Gasteiger partial charge < -0.3 is 49.3 Å². The van der Waals surface area contributed by atoms with Gasteiger partial charge in [0.1, 0.15) is 0 Å². The Balaban J connectivity index is 0. The van der Waals surface area contributed by atoms with Crippen molar-refractivity contribution in [2.45, 2.75) is 0 Å². The van der Waals surface area contributed by atoms with E-state index in [9.17, 15) is 0 Å². The molecule has 0 aliphatic carbocycles. The van der Waals surface area contributed by atoms with E-state index in [4.69, 9.17) is 0 Å². The van der Waals surface area contributed by atoms with Gasteiger partial charge in [-0.1, -0.05) is 0 Å². The van der Waals surface area contributed by atoms with Gasteiger partial charge in [0.25, 0.3) is 0 Å². The molecule has 0 saturated carbocycles. The van der Waals surface area contributed by atoms with Crippen LogP contribution in [0, 0.1) is 0 Å². The molecule has 15 heteroatoms. The van der Waals surface area contributed by atoms with Crippen LogP contribution in [0.1, 0.15) is 0 Å². The first-order valence-electron chi connectivity index (χ1n) is 0. The van der Waals surface area contributed by atoms with E-state index in [-0.39, 0.29) is 188 Å². The zero-order valence-corrected chi connectivity index (χ0v) is 25.5. The summed E-state index contributed by atoms with van der Waals surface area (Å²) in [7, 11) is 0. The van der Waals surface area contributed by atoms with Crippen LogP contribution in [0.15, 0.2) is 0 Å². The quantitative estimate of drug-likeness (QED) is 0.232. The summed E-state index contributed by atoms with van der Waals surface area (Å²) in [5.74, 6) is 0. The molecule has 0 aromatic carbocycles. The third-order valence-corrected chi connectivity index (χ3v) is 0. The van der Waals surface area contributed by atoms with E-state index in [0.717, 1.165) is 0 Å². The molecule has 0 aliphatic rings. The molecule has 0 aromatic heterocycles. The minimum Gasteiger partial charge on any atom is -2.00 e. The van der Waals surface area contributed by atoms with Gasteiger partial charge in [-0.2, -0.15) is 0 Å².